The molecule has 0 N–H and O–H groups in total. The Hall–Kier alpha value is -1.54. The van der Waals surface area contributed by atoms with Crippen molar-refractivity contribution in [3.05, 3.63) is 34.4 Å². The van der Waals surface area contributed by atoms with Crippen LogP contribution in [0.5, 0.6) is 0 Å². The third kappa shape index (κ3) is 2.97. The third-order valence-corrected chi connectivity index (χ3v) is 3.30. The molecular formula is C11H13NO3S. The van der Waals surface area contributed by atoms with E-state index in [4.69, 9.17) is 5.26 Å². The van der Waals surface area contributed by atoms with Gasteiger partial charge in [-0.05, 0) is 37.5 Å². The van der Waals surface area contributed by atoms with Crippen LogP contribution in [0.4, 0.5) is 0 Å². The molecule has 0 aliphatic heterocycles. The maximum Gasteiger partial charge on any atom is 0.323 e. The Balaban J connectivity index is 3.13. The van der Waals surface area contributed by atoms with Crippen LogP contribution in [-0.4, -0.2) is 8.42 Å². The molecule has 86 valence electrons. The second kappa shape index (κ2) is 4.54. The van der Waals surface area contributed by atoms with E-state index in [1.807, 2.05) is 32.9 Å². The van der Waals surface area contributed by atoms with Crippen molar-refractivity contribution in [2.75, 3.05) is 0 Å². The summed E-state index contributed by atoms with van der Waals surface area (Å²) in [5.41, 5.74) is 3.56. The lowest BCUT2D eigenvalue weighted by molar-refractivity contribution is 0.458. The van der Waals surface area contributed by atoms with E-state index in [2.05, 4.69) is 4.18 Å². The Morgan fingerprint density at radius 3 is 2.19 bits per heavy atom. The first-order valence-electron chi connectivity index (χ1n) is 4.72. The lowest BCUT2D eigenvalue weighted by Crippen LogP contribution is -2.08. The van der Waals surface area contributed by atoms with Crippen LogP contribution < -0.4 is 0 Å². The molecule has 0 radical (unpaired) electrons. The van der Waals surface area contributed by atoms with E-state index in [-0.39, 0.29) is 5.75 Å². The number of aryl methyl sites for hydroxylation is 3. The summed E-state index contributed by atoms with van der Waals surface area (Å²) < 4.78 is 26.7. The van der Waals surface area contributed by atoms with E-state index in [9.17, 15) is 8.42 Å². The van der Waals surface area contributed by atoms with Crippen molar-refractivity contribution in [1.29, 1.82) is 5.26 Å². The summed E-state index contributed by atoms with van der Waals surface area (Å²) in [6, 6.07) is 3.81. The Kier molecular flexibility index (Phi) is 3.55. The predicted molar refractivity (Wildman–Crippen MR) is 60.0 cm³/mol. The van der Waals surface area contributed by atoms with Crippen molar-refractivity contribution in [3.63, 3.8) is 0 Å². The van der Waals surface area contributed by atoms with E-state index < -0.39 is 10.1 Å². The molecule has 0 saturated heterocycles. The maximum absolute atomic E-state index is 11.3. The summed E-state index contributed by atoms with van der Waals surface area (Å²) in [4.78, 5) is 0. The van der Waals surface area contributed by atoms with Crippen molar-refractivity contribution in [2.24, 2.45) is 0 Å². The highest BCUT2D eigenvalue weighted by atomic mass is 32.2. The molecule has 0 saturated carbocycles. The highest BCUT2D eigenvalue weighted by Gasteiger charge is 2.16. The van der Waals surface area contributed by atoms with E-state index >= 15 is 0 Å². The number of hydrogen-bond acceptors (Lipinski definition) is 4. The highest BCUT2D eigenvalue weighted by molar-refractivity contribution is 7.86. The van der Waals surface area contributed by atoms with Gasteiger partial charge in [0, 0.05) is 0 Å². The van der Waals surface area contributed by atoms with Gasteiger partial charge in [-0.2, -0.15) is 8.42 Å². The van der Waals surface area contributed by atoms with Crippen LogP contribution in [0.2, 0.25) is 0 Å². The second-order valence-electron chi connectivity index (χ2n) is 3.75. The van der Waals surface area contributed by atoms with Gasteiger partial charge in [0.2, 0.25) is 0 Å². The Bertz CT molecular complexity index is 518. The first kappa shape index (κ1) is 12.5. The standard InChI is InChI=1S/C11H13NO3S/c1-8-4-9(2)11(10(3)5-8)6-16(13,14)15-7-12/h4-5H,6H2,1-3H3. The number of nitriles is 1. The van der Waals surface area contributed by atoms with Gasteiger partial charge in [-0.1, -0.05) is 17.7 Å². The molecule has 0 aliphatic rings. The van der Waals surface area contributed by atoms with Gasteiger partial charge < -0.3 is 4.18 Å². The van der Waals surface area contributed by atoms with Crippen LogP contribution in [0.15, 0.2) is 12.1 Å². The van der Waals surface area contributed by atoms with Crippen molar-refractivity contribution in [1.82, 2.24) is 0 Å². The number of rotatable bonds is 3. The van der Waals surface area contributed by atoms with Crippen LogP contribution in [-0.2, 0) is 20.1 Å². The van der Waals surface area contributed by atoms with Crippen LogP contribution in [0, 0.1) is 32.3 Å². The van der Waals surface area contributed by atoms with Gasteiger partial charge in [0.15, 0.2) is 0 Å². The van der Waals surface area contributed by atoms with Crippen molar-refractivity contribution in [3.8, 4) is 6.26 Å². The van der Waals surface area contributed by atoms with Gasteiger partial charge in [-0.3, -0.25) is 0 Å². The first-order valence-corrected chi connectivity index (χ1v) is 6.30. The second-order valence-corrected chi connectivity index (χ2v) is 5.32. The molecule has 0 heterocycles. The van der Waals surface area contributed by atoms with E-state index in [0.717, 1.165) is 16.7 Å². The maximum atomic E-state index is 11.3. The summed E-state index contributed by atoms with van der Waals surface area (Å²) in [7, 11) is -3.80. The summed E-state index contributed by atoms with van der Waals surface area (Å²) in [6.45, 7) is 5.64. The van der Waals surface area contributed by atoms with Crippen molar-refractivity contribution < 1.29 is 12.6 Å². The molecule has 4 nitrogen and oxygen atoms in total. The van der Waals surface area contributed by atoms with Gasteiger partial charge in [0.1, 0.15) is 5.75 Å². The minimum atomic E-state index is -3.80. The van der Waals surface area contributed by atoms with Crippen LogP contribution in [0.3, 0.4) is 0 Å². The van der Waals surface area contributed by atoms with Gasteiger partial charge >= 0.3 is 16.4 Å². The fourth-order valence-corrected chi connectivity index (χ4v) is 2.68. The Labute approximate surface area is 95.6 Å². The number of benzene rings is 1. The molecule has 1 rings (SSSR count). The van der Waals surface area contributed by atoms with Crippen molar-refractivity contribution >= 4 is 10.1 Å². The first-order chi connectivity index (χ1) is 7.35. The van der Waals surface area contributed by atoms with Gasteiger partial charge in [-0.25, -0.2) is 0 Å². The largest absolute Gasteiger partial charge is 0.323 e. The molecule has 0 spiro atoms. The van der Waals surface area contributed by atoms with Gasteiger partial charge in [-0.15, -0.1) is 5.26 Å². The molecule has 0 unspecified atom stereocenters. The van der Waals surface area contributed by atoms with E-state index in [1.54, 1.807) is 0 Å². The third-order valence-electron chi connectivity index (χ3n) is 2.33. The quantitative estimate of drug-likeness (QED) is 0.597. The zero-order chi connectivity index (χ0) is 12.3. The summed E-state index contributed by atoms with van der Waals surface area (Å²) >= 11 is 0. The average molecular weight is 239 g/mol. The van der Waals surface area contributed by atoms with Crippen LogP contribution in [0.1, 0.15) is 22.3 Å². The zero-order valence-electron chi connectivity index (χ0n) is 9.44. The Morgan fingerprint density at radius 1 is 1.25 bits per heavy atom. The molecule has 1 aromatic rings. The fraction of sp³-hybridized carbons (Fsp3) is 0.364. The molecule has 0 fully saturated rings. The van der Waals surface area contributed by atoms with Crippen LogP contribution >= 0.6 is 0 Å². The van der Waals surface area contributed by atoms with E-state index in [0.29, 0.717) is 5.56 Å². The lowest BCUT2D eigenvalue weighted by Gasteiger charge is -2.10. The fourth-order valence-electron chi connectivity index (χ4n) is 1.70. The number of hydrogen-bond donors (Lipinski definition) is 0. The molecule has 0 bridgehead atoms. The SMILES string of the molecule is Cc1cc(C)c(CS(=O)(=O)OC#N)c(C)c1. The minimum Gasteiger partial charge on any atom is -0.302 e. The molecule has 0 amide bonds. The topological polar surface area (TPSA) is 67.2 Å². The van der Waals surface area contributed by atoms with Gasteiger partial charge in [0.25, 0.3) is 0 Å². The zero-order valence-corrected chi connectivity index (χ0v) is 10.3. The molecule has 0 aromatic heterocycles. The van der Waals surface area contributed by atoms with Crippen molar-refractivity contribution in [2.45, 2.75) is 26.5 Å². The Morgan fingerprint density at radius 2 is 1.75 bits per heavy atom. The van der Waals surface area contributed by atoms with Gasteiger partial charge in [0.05, 0.1) is 0 Å². The monoisotopic (exact) mass is 239 g/mol. The van der Waals surface area contributed by atoms with E-state index in [1.165, 1.54) is 6.26 Å². The normalized spacial score (nSPS) is 10.9. The van der Waals surface area contributed by atoms with Crippen LogP contribution in [0.25, 0.3) is 0 Å². The summed E-state index contributed by atoms with van der Waals surface area (Å²) in [5.74, 6) is -0.265. The summed E-state index contributed by atoms with van der Waals surface area (Å²) in [6.07, 6.45) is 1.19. The predicted octanol–water partition coefficient (Wildman–Crippen LogP) is 1.94. The molecule has 0 aliphatic carbocycles. The smallest absolute Gasteiger partial charge is 0.302 e. The molecule has 16 heavy (non-hydrogen) atoms. The molecule has 0 atom stereocenters. The minimum absolute atomic E-state index is 0.265. The summed E-state index contributed by atoms with van der Waals surface area (Å²) in [5, 5.41) is 8.21. The molecular weight excluding hydrogens is 226 g/mol. The highest BCUT2D eigenvalue weighted by Crippen LogP contribution is 2.19. The average Bonchev–Trinajstić information content (AvgIpc) is 2.11. The lowest BCUT2D eigenvalue weighted by atomic mass is 10.0. The molecule has 1 aromatic carbocycles. The number of nitrogens with zero attached hydrogens (tertiary/aromatic N) is 1. The molecule has 5 heteroatoms.